The highest BCUT2D eigenvalue weighted by molar-refractivity contribution is 5.85. The van der Waals surface area contributed by atoms with Crippen molar-refractivity contribution in [1.82, 2.24) is 10.3 Å². The van der Waals surface area contributed by atoms with Gasteiger partial charge in [-0.3, -0.25) is 0 Å². The van der Waals surface area contributed by atoms with Gasteiger partial charge in [0.15, 0.2) is 0 Å². The van der Waals surface area contributed by atoms with Gasteiger partial charge in [0.05, 0.1) is 5.69 Å². The lowest BCUT2D eigenvalue weighted by Crippen LogP contribution is -2.25. The number of aliphatic hydroxyl groups is 1. The second-order valence-corrected chi connectivity index (χ2v) is 4.90. The van der Waals surface area contributed by atoms with E-state index in [9.17, 15) is 4.79 Å². The molecule has 1 aliphatic carbocycles. The summed E-state index contributed by atoms with van der Waals surface area (Å²) in [5.74, 6) is -1.00. The summed E-state index contributed by atoms with van der Waals surface area (Å²) >= 11 is 0. The van der Waals surface area contributed by atoms with Gasteiger partial charge in [-0.15, -0.1) is 0 Å². The monoisotopic (exact) mass is 250 g/mol. The molecule has 0 amide bonds. The van der Waals surface area contributed by atoms with Crippen LogP contribution in [0, 0.1) is 5.41 Å². The Kier molecular flexibility index (Phi) is 3.93. The van der Waals surface area contributed by atoms with Crippen molar-refractivity contribution in [3.05, 3.63) is 29.6 Å². The zero-order valence-corrected chi connectivity index (χ0v) is 10.2. The SMILES string of the molecule is O=C(O)c1cccc(CNCC2(CCO)CC2)n1. The predicted octanol–water partition coefficient (Wildman–Crippen LogP) is 1.03. The number of aliphatic hydroxyl groups excluding tert-OH is 1. The Balaban J connectivity index is 1.83. The van der Waals surface area contributed by atoms with Crippen molar-refractivity contribution in [2.45, 2.75) is 25.8 Å². The molecule has 1 aromatic rings. The minimum atomic E-state index is -1.00. The standard InChI is InChI=1S/C13H18N2O3/c16-7-6-13(4-5-13)9-14-8-10-2-1-3-11(15-10)12(17)18/h1-3,14,16H,4-9H2,(H,17,18). The van der Waals surface area contributed by atoms with E-state index in [0.717, 1.165) is 31.5 Å². The first-order valence-electron chi connectivity index (χ1n) is 6.16. The Bertz CT molecular complexity index is 430. The number of carboxylic acid groups (broad SMARTS) is 1. The molecular formula is C13H18N2O3. The first-order valence-corrected chi connectivity index (χ1v) is 6.16. The van der Waals surface area contributed by atoms with Crippen molar-refractivity contribution in [3.63, 3.8) is 0 Å². The summed E-state index contributed by atoms with van der Waals surface area (Å²) in [4.78, 5) is 14.8. The average Bonchev–Trinajstić information content (AvgIpc) is 3.10. The molecule has 0 radical (unpaired) electrons. The van der Waals surface area contributed by atoms with Crippen LogP contribution in [0.5, 0.6) is 0 Å². The summed E-state index contributed by atoms with van der Waals surface area (Å²) in [6, 6.07) is 5.00. The third kappa shape index (κ3) is 3.27. The van der Waals surface area contributed by atoms with Crippen LogP contribution in [0.25, 0.3) is 0 Å². The lowest BCUT2D eigenvalue weighted by molar-refractivity contribution is 0.0690. The molecule has 0 bridgehead atoms. The first kappa shape index (κ1) is 13.0. The second-order valence-electron chi connectivity index (χ2n) is 4.90. The van der Waals surface area contributed by atoms with E-state index in [0.29, 0.717) is 6.54 Å². The molecule has 1 aliphatic rings. The predicted molar refractivity (Wildman–Crippen MR) is 66.3 cm³/mol. The molecule has 0 aromatic carbocycles. The molecule has 3 N–H and O–H groups in total. The molecule has 0 aliphatic heterocycles. The number of nitrogens with one attached hydrogen (secondary N) is 1. The first-order chi connectivity index (χ1) is 8.65. The third-order valence-corrected chi connectivity index (χ3v) is 3.43. The fourth-order valence-electron chi connectivity index (χ4n) is 2.08. The Labute approximate surface area is 106 Å². The highest BCUT2D eigenvalue weighted by Gasteiger charge is 2.41. The maximum Gasteiger partial charge on any atom is 0.354 e. The number of aromatic nitrogens is 1. The molecule has 1 heterocycles. The molecule has 18 heavy (non-hydrogen) atoms. The highest BCUT2D eigenvalue weighted by atomic mass is 16.4. The molecule has 1 fully saturated rings. The number of hydrogen-bond acceptors (Lipinski definition) is 4. The number of aromatic carboxylic acids is 1. The van der Waals surface area contributed by atoms with Gasteiger partial charge in [-0.25, -0.2) is 9.78 Å². The van der Waals surface area contributed by atoms with Crippen molar-refractivity contribution in [2.24, 2.45) is 5.41 Å². The van der Waals surface area contributed by atoms with Crippen molar-refractivity contribution in [3.8, 4) is 0 Å². The fourth-order valence-corrected chi connectivity index (χ4v) is 2.08. The fraction of sp³-hybridized carbons (Fsp3) is 0.538. The van der Waals surface area contributed by atoms with Crippen LogP contribution in [0.4, 0.5) is 0 Å². The van der Waals surface area contributed by atoms with Crippen LogP contribution in [0.3, 0.4) is 0 Å². The summed E-state index contributed by atoms with van der Waals surface area (Å²) in [5, 5.41) is 21.1. The lowest BCUT2D eigenvalue weighted by atomic mass is 10.0. The van der Waals surface area contributed by atoms with Gasteiger partial charge < -0.3 is 15.5 Å². The van der Waals surface area contributed by atoms with Gasteiger partial charge in [0.2, 0.25) is 0 Å². The summed E-state index contributed by atoms with van der Waals surface area (Å²) in [5.41, 5.74) is 1.07. The molecule has 0 unspecified atom stereocenters. The van der Waals surface area contributed by atoms with E-state index in [1.165, 1.54) is 6.07 Å². The van der Waals surface area contributed by atoms with Gasteiger partial charge >= 0.3 is 5.97 Å². The summed E-state index contributed by atoms with van der Waals surface area (Å²) in [6.07, 6.45) is 3.15. The Morgan fingerprint density at radius 1 is 1.44 bits per heavy atom. The van der Waals surface area contributed by atoms with Crippen molar-refractivity contribution in [1.29, 1.82) is 0 Å². The molecule has 98 valence electrons. The minimum absolute atomic E-state index is 0.0748. The number of rotatable bonds is 7. The molecular weight excluding hydrogens is 232 g/mol. The van der Waals surface area contributed by atoms with Crippen LogP contribution in [-0.2, 0) is 6.54 Å². The number of hydrogen-bond donors (Lipinski definition) is 3. The number of pyridine rings is 1. The second kappa shape index (κ2) is 5.46. The van der Waals surface area contributed by atoms with E-state index in [2.05, 4.69) is 10.3 Å². The zero-order valence-electron chi connectivity index (χ0n) is 10.2. The van der Waals surface area contributed by atoms with Gasteiger partial charge in [-0.05, 0) is 36.8 Å². The van der Waals surface area contributed by atoms with Gasteiger partial charge in [0, 0.05) is 19.7 Å². The molecule has 1 aromatic heterocycles. The van der Waals surface area contributed by atoms with Crippen molar-refractivity contribution >= 4 is 5.97 Å². The average molecular weight is 250 g/mol. The van der Waals surface area contributed by atoms with Gasteiger partial charge in [0.1, 0.15) is 5.69 Å². The van der Waals surface area contributed by atoms with Gasteiger partial charge in [-0.1, -0.05) is 6.07 Å². The maximum atomic E-state index is 10.8. The van der Waals surface area contributed by atoms with E-state index in [1.54, 1.807) is 6.07 Å². The molecule has 1 saturated carbocycles. The van der Waals surface area contributed by atoms with E-state index < -0.39 is 5.97 Å². The van der Waals surface area contributed by atoms with Crippen LogP contribution in [0.2, 0.25) is 0 Å². The molecule has 0 saturated heterocycles. The van der Waals surface area contributed by atoms with E-state index in [4.69, 9.17) is 10.2 Å². The largest absolute Gasteiger partial charge is 0.477 e. The Hall–Kier alpha value is -1.46. The van der Waals surface area contributed by atoms with Crippen molar-refractivity contribution in [2.75, 3.05) is 13.2 Å². The Morgan fingerprint density at radius 3 is 2.83 bits per heavy atom. The van der Waals surface area contributed by atoms with E-state index in [-0.39, 0.29) is 17.7 Å². The molecule has 0 atom stereocenters. The van der Waals surface area contributed by atoms with E-state index >= 15 is 0 Å². The zero-order chi connectivity index (χ0) is 13.0. The normalized spacial score (nSPS) is 16.5. The summed E-state index contributed by atoms with van der Waals surface area (Å²) < 4.78 is 0. The topological polar surface area (TPSA) is 82.5 Å². The van der Waals surface area contributed by atoms with E-state index in [1.807, 2.05) is 6.07 Å². The van der Waals surface area contributed by atoms with Gasteiger partial charge in [0.25, 0.3) is 0 Å². The Morgan fingerprint density at radius 2 is 2.22 bits per heavy atom. The van der Waals surface area contributed by atoms with Crippen molar-refractivity contribution < 1.29 is 15.0 Å². The number of carboxylic acids is 1. The lowest BCUT2D eigenvalue weighted by Gasteiger charge is -2.14. The van der Waals surface area contributed by atoms with Crippen LogP contribution in [0.1, 0.15) is 35.4 Å². The molecule has 0 spiro atoms. The molecule has 5 heteroatoms. The smallest absolute Gasteiger partial charge is 0.354 e. The minimum Gasteiger partial charge on any atom is -0.477 e. The maximum absolute atomic E-state index is 10.8. The third-order valence-electron chi connectivity index (χ3n) is 3.43. The number of nitrogens with zero attached hydrogens (tertiary/aromatic N) is 1. The summed E-state index contributed by atoms with van der Waals surface area (Å²) in [6.45, 7) is 1.65. The van der Waals surface area contributed by atoms with Crippen LogP contribution >= 0.6 is 0 Å². The number of carbonyl (C=O) groups is 1. The summed E-state index contributed by atoms with van der Waals surface area (Å²) in [7, 11) is 0. The quantitative estimate of drug-likeness (QED) is 0.673. The molecule has 2 rings (SSSR count). The van der Waals surface area contributed by atoms with Crippen LogP contribution in [-0.4, -0.2) is 34.3 Å². The van der Waals surface area contributed by atoms with Gasteiger partial charge in [-0.2, -0.15) is 0 Å². The highest BCUT2D eigenvalue weighted by Crippen LogP contribution is 2.47. The van der Waals surface area contributed by atoms with Crippen LogP contribution in [0.15, 0.2) is 18.2 Å². The molecule has 5 nitrogen and oxygen atoms in total. The van der Waals surface area contributed by atoms with Crippen LogP contribution < -0.4 is 5.32 Å².